The molecule has 0 spiro atoms. The van der Waals surface area contributed by atoms with Gasteiger partial charge in [0.1, 0.15) is 5.65 Å². The molecule has 6 nitrogen and oxygen atoms in total. The first-order chi connectivity index (χ1) is 13.1. The zero-order valence-corrected chi connectivity index (χ0v) is 16.5. The van der Waals surface area contributed by atoms with Crippen molar-refractivity contribution in [3.05, 3.63) is 58.9 Å². The van der Waals surface area contributed by atoms with Gasteiger partial charge in [0.05, 0.1) is 18.8 Å². The van der Waals surface area contributed by atoms with Gasteiger partial charge >= 0.3 is 0 Å². The summed E-state index contributed by atoms with van der Waals surface area (Å²) in [7, 11) is 1.92. The van der Waals surface area contributed by atoms with Crippen molar-refractivity contribution < 1.29 is 14.7 Å². The Morgan fingerprint density at radius 1 is 1.37 bits per heavy atom. The van der Waals surface area contributed by atoms with Crippen LogP contribution in [-0.2, 0) is 18.3 Å². The van der Waals surface area contributed by atoms with Gasteiger partial charge in [-0.2, -0.15) is 0 Å². The lowest BCUT2D eigenvalue weighted by molar-refractivity contribution is 0.0169. The number of aliphatic hydroxyl groups is 1. The van der Waals surface area contributed by atoms with Crippen LogP contribution in [0.4, 0.5) is 0 Å². The van der Waals surface area contributed by atoms with Crippen LogP contribution in [0.5, 0.6) is 0 Å². The minimum atomic E-state index is -0.338. The van der Waals surface area contributed by atoms with E-state index in [9.17, 15) is 4.79 Å². The second kappa shape index (κ2) is 8.56. The molecule has 2 heterocycles. The Balaban J connectivity index is 2.04. The smallest absolute Gasteiger partial charge is 0.277 e. The zero-order valence-electron chi connectivity index (χ0n) is 15.7. The third-order valence-corrected chi connectivity index (χ3v) is 5.29. The molecule has 2 N–H and O–H groups in total. The molecule has 0 saturated carbocycles. The molecule has 27 heavy (non-hydrogen) atoms. The molecule has 0 aliphatic carbocycles. The highest BCUT2D eigenvalue weighted by molar-refractivity contribution is 7.98. The molecule has 1 aromatic carbocycles. The lowest BCUT2D eigenvalue weighted by Gasteiger charge is -2.11. The van der Waals surface area contributed by atoms with Crippen LogP contribution < -0.4 is 5.48 Å². The summed E-state index contributed by atoms with van der Waals surface area (Å²) >= 11 is 1.71. The maximum atomic E-state index is 12.8. The van der Waals surface area contributed by atoms with Crippen LogP contribution >= 0.6 is 11.8 Å². The molecule has 142 valence electrons. The number of aryl methyl sites for hydroxylation is 2. The van der Waals surface area contributed by atoms with Crippen molar-refractivity contribution in [2.75, 3.05) is 19.5 Å². The van der Waals surface area contributed by atoms with E-state index in [2.05, 4.69) is 41.8 Å². The number of carbonyl (C=O) groups is 1. The Kier molecular flexibility index (Phi) is 6.15. The SMILES string of the molecule is CSc1ccc(Cc2c(C(=O)NOCCO)c3cccnc3n2C)c(C)c1. The standard InChI is InChI=1S/C20H23N3O3S/c1-13-11-15(27-3)7-6-14(13)12-17-18(20(25)22-26-10-9-24)16-5-4-8-21-19(16)23(17)2/h4-8,11,24H,9-10,12H2,1-3H3,(H,22,25). The fourth-order valence-electron chi connectivity index (χ4n) is 3.16. The van der Waals surface area contributed by atoms with Gasteiger partial charge in [-0.3, -0.25) is 9.63 Å². The molecule has 0 radical (unpaired) electrons. The Hall–Kier alpha value is -2.35. The molecule has 0 fully saturated rings. The molecule has 3 rings (SSSR count). The molecule has 0 unspecified atom stereocenters. The number of fused-ring (bicyclic) bond motifs is 1. The molecule has 0 aliphatic heterocycles. The van der Waals surface area contributed by atoms with Crippen molar-refractivity contribution in [1.29, 1.82) is 0 Å². The number of aliphatic hydroxyl groups excluding tert-OH is 1. The Labute approximate surface area is 162 Å². The van der Waals surface area contributed by atoms with Gasteiger partial charge < -0.3 is 9.67 Å². The third-order valence-electron chi connectivity index (χ3n) is 4.56. The number of rotatable bonds is 7. The normalized spacial score (nSPS) is 11.1. The largest absolute Gasteiger partial charge is 0.394 e. The molecular formula is C20H23N3O3S. The Morgan fingerprint density at radius 2 is 2.19 bits per heavy atom. The summed E-state index contributed by atoms with van der Waals surface area (Å²) in [6.45, 7) is 1.96. The molecule has 1 amide bonds. The monoisotopic (exact) mass is 385 g/mol. The van der Waals surface area contributed by atoms with Gasteiger partial charge in [-0.05, 0) is 48.6 Å². The third kappa shape index (κ3) is 4.00. The first-order valence-corrected chi connectivity index (χ1v) is 9.88. The number of nitrogens with zero attached hydrogens (tertiary/aromatic N) is 2. The number of thioether (sulfide) groups is 1. The fourth-order valence-corrected chi connectivity index (χ4v) is 3.66. The number of carbonyl (C=O) groups excluding carboxylic acids is 1. The number of hydrogen-bond acceptors (Lipinski definition) is 5. The second-order valence-electron chi connectivity index (χ2n) is 6.23. The maximum absolute atomic E-state index is 12.8. The summed E-state index contributed by atoms with van der Waals surface area (Å²) in [4.78, 5) is 23.5. The van der Waals surface area contributed by atoms with Crippen molar-refractivity contribution in [3.8, 4) is 0 Å². The van der Waals surface area contributed by atoms with E-state index in [1.165, 1.54) is 10.5 Å². The van der Waals surface area contributed by atoms with Gasteiger partial charge in [0.2, 0.25) is 0 Å². The minimum absolute atomic E-state index is 0.0410. The van der Waals surface area contributed by atoms with Crippen LogP contribution in [0, 0.1) is 6.92 Å². The van der Waals surface area contributed by atoms with Crippen molar-refractivity contribution in [1.82, 2.24) is 15.0 Å². The van der Waals surface area contributed by atoms with Crippen molar-refractivity contribution in [2.24, 2.45) is 7.05 Å². The number of hydroxylamine groups is 1. The van der Waals surface area contributed by atoms with E-state index in [0.29, 0.717) is 12.0 Å². The topological polar surface area (TPSA) is 76.4 Å². The van der Waals surface area contributed by atoms with E-state index in [4.69, 9.17) is 9.94 Å². The average molecular weight is 385 g/mol. The fraction of sp³-hybridized carbons (Fsp3) is 0.300. The molecular weight excluding hydrogens is 362 g/mol. The van der Waals surface area contributed by atoms with Gasteiger partial charge in [0.15, 0.2) is 0 Å². The highest BCUT2D eigenvalue weighted by atomic mass is 32.2. The van der Waals surface area contributed by atoms with Crippen molar-refractivity contribution in [3.63, 3.8) is 0 Å². The highest BCUT2D eigenvalue weighted by Crippen LogP contribution is 2.28. The van der Waals surface area contributed by atoms with E-state index < -0.39 is 0 Å². The lowest BCUT2D eigenvalue weighted by Crippen LogP contribution is -2.26. The van der Waals surface area contributed by atoms with Crippen LogP contribution in [0.1, 0.15) is 27.2 Å². The first kappa shape index (κ1) is 19.4. The highest BCUT2D eigenvalue weighted by Gasteiger charge is 2.22. The Bertz CT molecular complexity index is 969. The van der Waals surface area contributed by atoms with E-state index in [-0.39, 0.29) is 19.1 Å². The van der Waals surface area contributed by atoms with E-state index in [1.54, 1.807) is 18.0 Å². The van der Waals surface area contributed by atoms with Crippen LogP contribution in [0.2, 0.25) is 0 Å². The van der Waals surface area contributed by atoms with Gasteiger partial charge in [-0.1, -0.05) is 6.07 Å². The number of nitrogens with one attached hydrogen (secondary N) is 1. The lowest BCUT2D eigenvalue weighted by atomic mass is 10.0. The number of aromatic nitrogens is 2. The van der Waals surface area contributed by atoms with E-state index >= 15 is 0 Å². The molecule has 0 aliphatic rings. The summed E-state index contributed by atoms with van der Waals surface area (Å²) in [5, 5.41) is 9.63. The van der Waals surface area contributed by atoms with Gasteiger partial charge in [0, 0.05) is 35.6 Å². The van der Waals surface area contributed by atoms with Crippen LogP contribution in [-0.4, -0.2) is 40.0 Å². The van der Waals surface area contributed by atoms with Crippen molar-refractivity contribution in [2.45, 2.75) is 18.2 Å². The van der Waals surface area contributed by atoms with Gasteiger partial charge in [0.25, 0.3) is 5.91 Å². The molecule has 0 atom stereocenters. The molecule has 3 aromatic rings. The summed E-state index contributed by atoms with van der Waals surface area (Å²) in [5.74, 6) is -0.338. The van der Waals surface area contributed by atoms with Gasteiger partial charge in [-0.15, -0.1) is 11.8 Å². The summed E-state index contributed by atoms with van der Waals surface area (Å²) < 4.78 is 1.96. The van der Waals surface area contributed by atoms with E-state index in [0.717, 1.165) is 22.3 Å². The van der Waals surface area contributed by atoms with Crippen LogP contribution in [0.15, 0.2) is 41.4 Å². The van der Waals surface area contributed by atoms with Crippen LogP contribution in [0.25, 0.3) is 11.0 Å². The summed E-state index contributed by atoms with van der Waals surface area (Å²) in [6, 6.07) is 10.1. The van der Waals surface area contributed by atoms with E-state index in [1.807, 2.05) is 23.7 Å². The van der Waals surface area contributed by atoms with Crippen LogP contribution in [0.3, 0.4) is 0 Å². The first-order valence-electron chi connectivity index (χ1n) is 8.65. The summed E-state index contributed by atoms with van der Waals surface area (Å²) in [5.41, 5.74) is 6.93. The quantitative estimate of drug-likeness (QED) is 0.372. The van der Waals surface area contributed by atoms with Gasteiger partial charge in [-0.25, -0.2) is 10.5 Å². The zero-order chi connectivity index (χ0) is 19.4. The van der Waals surface area contributed by atoms with Crippen molar-refractivity contribution >= 4 is 28.7 Å². The number of benzene rings is 1. The summed E-state index contributed by atoms with van der Waals surface area (Å²) in [6.07, 6.45) is 4.38. The maximum Gasteiger partial charge on any atom is 0.277 e. The Morgan fingerprint density at radius 3 is 2.89 bits per heavy atom. The molecule has 0 saturated heterocycles. The minimum Gasteiger partial charge on any atom is -0.394 e. The average Bonchev–Trinajstić information content (AvgIpc) is 2.95. The predicted molar refractivity (Wildman–Crippen MR) is 107 cm³/mol. The molecule has 7 heteroatoms. The number of pyridine rings is 1. The predicted octanol–water partition coefficient (Wildman–Crippen LogP) is 2.85. The molecule has 2 aromatic heterocycles. The number of amides is 1. The number of hydrogen-bond donors (Lipinski definition) is 2. The molecule has 0 bridgehead atoms. The second-order valence-corrected chi connectivity index (χ2v) is 7.11.